The Labute approximate surface area is 143 Å². The van der Waals surface area contributed by atoms with Crippen molar-refractivity contribution < 1.29 is 18.0 Å². The van der Waals surface area contributed by atoms with E-state index in [4.69, 9.17) is 17.3 Å². The van der Waals surface area contributed by atoms with Gasteiger partial charge in [-0.05, 0) is 30.9 Å². The van der Waals surface area contributed by atoms with Gasteiger partial charge in [0.25, 0.3) is 0 Å². The van der Waals surface area contributed by atoms with Crippen molar-refractivity contribution in [2.24, 2.45) is 11.7 Å². The monoisotopic (exact) mass is 374 g/mol. The fourth-order valence-electron chi connectivity index (χ4n) is 2.54. The van der Waals surface area contributed by atoms with Crippen LogP contribution in [-0.2, 0) is 11.3 Å². The highest BCUT2D eigenvalue weighted by atomic mass is 35.5. The molecule has 1 fully saturated rings. The van der Waals surface area contributed by atoms with Gasteiger partial charge >= 0.3 is 6.18 Å². The summed E-state index contributed by atoms with van der Waals surface area (Å²) in [5, 5.41) is 0.311. The first-order valence-corrected chi connectivity index (χ1v) is 7.44. The van der Waals surface area contributed by atoms with E-state index in [-0.39, 0.29) is 44.2 Å². The van der Waals surface area contributed by atoms with Gasteiger partial charge in [0.05, 0.1) is 12.0 Å². The average Bonchev–Trinajstić information content (AvgIpc) is 2.88. The Hall–Kier alpha value is -0.990. The predicted molar refractivity (Wildman–Crippen MR) is 82.4 cm³/mol. The zero-order valence-corrected chi connectivity index (χ0v) is 13.9. The number of amides is 1. The number of nitrogens with two attached hydrogens (primary N) is 1. The van der Waals surface area contributed by atoms with Crippen LogP contribution in [0, 0.1) is 5.92 Å². The van der Waals surface area contributed by atoms with Crippen LogP contribution in [0.15, 0.2) is 12.4 Å². The number of carbonyl (C=O) groups is 1. The van der Waals surface area contributed by atoms with E-state index in [2.05, 4.69) is 4.98 Å². The van der Waals surface area contributed by atoms with Crippen LogP contribution in [0.3, 0.4) is 0 Å². The highest BCUT2D eigenvalue weighted by Crippen LogP contribution is 2.34. The van der Waals surface area contributed by atoms with E-state index in [0.717, 1.165) is 0 Å². The molecule has 1 aliphatic heterocycles. The van der Waals surface area contributed by atoms with Crippen molar-refractivity contribution in [1.29, 1.82) is 0 Å². The molecule has 1 aromatic rings. The summed E-state index contributed by atoms with van der Waals surface area (Å²) in [5.74, 6) is -1.63. The molecule has 0 aliphatic carbocycles. The molecule has 1 unspecified atom stereocenters. The lowest BCUT2D eigenvalue weighted by Crippen LogP contribution is -2.48. The van der Waals surface area contributed by atoms with Crippen molar-refractivity contribution in [2.45, 2.75) is 38.0 Å². The molecule has 2 N–H and O–H groups in total. The maximum absolute atomic E-state index is 12.6. The lowest BCUT2D eigenvalue weighted by atomic mass is 9.95. The normalized spacial score (nSPS) is 17.7. The number of imidazole rings is 1. The van der Waals surface area contributed by atoms with E-state index in [1.807, 2.05) is 0 Å². The van der Waals surface area contributed by atoms with Gasteiger partial charge in [-0.2, -0.15) is 13.2 Å². The Bertz CT molecular complexity index is 516. The van der Waals surface area contributed by atoms with Gasteiger partial charge in [-0.25, -0.2) is 4.98 Å². The summed E-state index contributed by atoms with van der Waals surface area (Å²) in [5.41, 5.74) is 5.84. The first kappa shape index (κ1) is 20.1. The minimum absolute atomic E-state index is 0. The number of rotatable bonds is 4. The number of carbonyl (C=O) groups excluding carboxylic acids is 1. The van der Waals surface area contributed by atoms with Crippen molar-refractivity contribution in [1.82, 2.24) is 14.5 Å². The molecular weight excluding hydrogens is 356 g/mol. The second kappa shape index (κ2) is 8.21. The number of alkyl halides is 3. The first-order chi connectivity index (χ1) is 10.3. The zero-order valence-electron chi connectivity index (χ0n) is 12.3. The minimum atomic E-state index is -4.19. The van der Waals surface area contributed by atoms with Crippen LogP contribution >= 0.6 is 24.0 Å². The van der Waals surface area contributed by atoms with Crippen molar-refractivity contribution >= 4 is 29.9 Å². The number of aromatic nitrogens is 2. The molecule has 1 aromatic heterocycles. The van der Waals surface area contributed by atoms with E-state index < -0.39 is 18.1 Å². The maximum Gasteiger partial charge on any atom is 0.391 e. The molecule has 2 rings (SSSR count). The molecule has 0 aromatic carbocycles. The smallest absolute Gasteiger partial charge is 0.341 e. The number of likely N-dealkylation sites (tertiary alicyclic amines) is 1. The Morgan fingerprint density at radius 2 is 2.04 bits per heavy atom. The van der Waals surface area contributed by atoms with Crippen molar-refractivity contribution in [3.05, 3.63) is 17.7 Å². The fraction of sp³-hybridized carbons (Fsp3) is 0.692. The fourth-order valence-corrected chi connectivity index (χ4v) is 2.74. The van der Waals surface area contributed by atoms with Gasteiger partial charge in [-0.15, -0.1) is 12.4 Å². The summed E-state index contributed by atoms with van der Waals surface area (Å²) >= 11 is 5.82. The lowest BCUT2D eigenvalue weighted by Gasteiger charge is -2.34. The van der Waals surface area contributed by atoms with Crippen LogP contribution in [0.4, 0.5) is 13.2 Å². The summed E-state index contributed by atoms with van der Waals surface area (Å²) < 4.78 is 39.4. The topological polar surface area (TPSA) is 64.2 Å². The van der Waals surface area contributed by atoms with Crippen LogP contribution in [0.1, 0.15) is 19.3 Å². The number of hydrogen-bond acceptors (Lipinski definition) is 3. The van der Waals surface area contributed by atoms with Gasteiger partial charge < -0.3 is 15.2 Å². The molecule has 132 valence electrons. The highest BCUT2D eigenvalue weighted by Gasteiger charge is 2.42. The van der Waals surface area contributed by atoms with Crippen LogP contribution in [-0.4, -0.2) is 45.7 Å². The Morgan fingerprint density at radius 1 is 1.43 bits per heavy atom. The average molecular weight is 375 g/mol. The van der Waals surface area contributed by atoms with Crippen LogP contribution < -0.4 is 5.73 Å². The molecule has 0 saturated carbocycles. The summed E-state index contributed by atoms with van der Waals surface area (Å²) in [6, 6.07) is -0.749. The second-order valence-corrected chi connectivity index (χ2v) is 5.76. The lowest BCUT2D eigenvalue weighted by molar-refractivity contribution is -0.186. The summed E-state index contributed by atoms with van der Waals surface area (Å²) in [6.07, 6.45) is -0.736. The third-order valence-corrected chi connectivity index (χ3v) is 4.25. The molecule has 23 heavy (non-hydrogen) atoms. The Morgan fingerprint density at radius 3 is 2.52 bits per heavy atom. The quantitative estimate of drug-likeness (QED) is 0.880. The van der Waals surface area contributed by atoms with Crippen LogP contribution in [0.2, 0.25) is 5.28 Å². The molecule has 1 atom stereocenters. The molecule has 1 aliphatic rings. The van der Waals surface area contributed by atoms with Gasteiger partial charge in [0.2, 0.25) is 11.2 Å². The third-order valence-electron chi connectivity index (χ3n) is 3.93. The largest absolute Gasteiger partial charge is 0.391 e. The molecule has 0 radical (unpaired) electrons. The summed E-state index contributed by atoms with van der Waals surface area (Å²) in [7, 11) is 0. The predicted octanol–water partition coefficient (Wildman–Crippen LogP) is 2.48. The third kappa shape index (κ3) is 5.26. The summed E-state index contributed by atoms with van der Waals surface area (Å²) in [4.78, 5) is 17.4. The molecular formula is C13H19Cl2F3N4O. The van der Waals surface area contributed by atoms with Gasteiger partial charge in [0.1, 0.15) is 0 Å². The van der Waals surface area contributed by atoms with E-state index >= 15 is 0 Å². The molecule has 2 heterocycles. The molecule has 5 nitrogen and oxygen atoms in total. The summed E-state index contributed by atoms with van der Waals surface area (Å²) in [6.45, 7) is 0.635. The molecule has 1 saturated heterocycles. The Kier molecular flexibility index (Phi) is 7.16. The van der Waals surface area contributed by atoms with Crippen molar-refractivity contribution in [3.63, 3.8) is 0 Å². The standard InChI is InChI=1S/C13H18ClF3N4O.ClH/c14-12-19-4-8-21(12)7-3-10(18)11(22)20-5-1-9(2-6-20)13(15,16)17;/h4,8-10H,1-3,5-7,18H2;1H. The first-order valence-electron chi connectivity index (χ1n) is 7.06. The molecule has 1 amide bonds. The van der Waals surface area contributed by atoms with Crippen molar-refractivity contribution in [2.75, 3.05) is 13.1 Å². The maximum atomic E-state index is 12.6. The van der Waals surface area contributed by atoms with Gasteiger partial charge in [0, 0.05) is 32.0 Å². The highest BCUT2D eigenvalue weighted by molar-refractivity contribution is 6.28. The van der Waals surface area contributed by atoms with Gasteiger partial charge in [-0.1, -0.05) is 0 Å². The Balaban J connectivity index is 0.00000264. The van der Waals surface area contributed by atoms with Gasteiger partial charge in [0.15, 0.2) is 0 Å². The number of halogens is 5. The number of piperidine rings is 1. The number of nitrogens with zero attached hydrogens (tertiary/aromatic N) is 3. The van der Waals surface area contributed by atoms with E-state index in [1.54, 1.807) is 10.8 Å². The van der Waals surface area contributed by atoms with Crippen molar-refractivity contribution in [3.8, 4) is 0 Å². The van der Waals surface area contributed by atoms with E-state index in [9.17, 15) is 18.0 Å². The molecule has 0 bridgehead atoms. The molecule has 10 heteroatoms. The van der Waals surface area contributed by atoms with Gasteiger partial charge in [-0.3, -0.25) is 4.79 Å². The van der Waals surface area contributed by atoms with Crippen LogP contribution in [0.5, 0.6) is 0 Å². The number of aryl methyl sites for hydroxylation is 1. The number of hydrogen-bond donors (Lipinski definition) is 1. The SMILES string of the molecule is Cl.NC(CCn1ccnc1Cl)C(=O)N1CCC(C(F)(F)F)CC1. The van der Waals surface area contributed by atoms with E-state index in [0.29, 0.717) is 18.2 Å². The van der Waals surface area contributed by atoms with Crippen LogP contribution in [0.25, 0.3) is 0 Å². The van der Waals surface area contributed by atoms with E-state index in [1.165, 1.54) is 11.1 Å². The molecule has 0 spiro atoms. The second-order valence-electron chi connectivity index (χ2n) is 5.43. The minimum Gasteiger partial charge on any atom is -0.341 e. The zero-order chi connectivity index (χ0) is 16.3.